The van der Waals surface area contributed by atoms with E-state index < -0.39 is 0 Å². The third-order valence-electron chi connectivity index (χ3n) is 1.96. The zero-order valence-corrected chi connectivity index (χ0v) is 8.59. The highest BCUT2D eigenvalue weighted by Crippen LogP contribution is 2.05. The molecule has 1 N–H and O–H groups in total. The molecule has 14 heavy (non-hydrogen) atoms. The van der Waals surface area contributed by atoms with E-state index in [2.05, 4.69) is 27.3 Å². The number of aromatic nitrogens is 1. The summed E-state index contributed by atoms with van der Waals surface area (Å²) in [5.41, 5.74) is 1.39. The van der Waals surface area contributed by atoms with E-state index in [4.69, 9.17) is 4.52 Å². The van der Waals surface area contributed by atoms with Crippen LogP contribution < -0.4 is 5.32 Å². The molecule has 0 bridgehead atoms. The van der Waals surface area contributed by atoms with Gasteiger partial charge in [-0.2, -0.15) is 11.3 Å². The first-order valence-electron chi connectivity index (χ1n) is 4.56. The quantitative estimate of drug-likeness (QED) is 0.764. The number of rotatable bonds is 5. The predicted molar refractivity (Wildman–Crippen MR) is 56.2 cm³/mol. The summed E-state index contributed by atoms with van der Waals surface area (Å²) >= 11 is 1.74. The first-order valence-corrected chi connectivity index (χ1v) is 5.51. The van der Waals surface area contributed by atoms with Crippen molar-refractivity contribution in [2.24, 2.45) is 0 Å². The van der Waals surface area contributed by atoms with Gasteiger partial charge in [-0.1, -0.05) is 5.16 Å². The Morgan fingerprint density at radius 1 is 1.43 bits per heavy atom. The highest BCUT2D eigenvalue weighted by atomic mass is 32.1. The molecule has 0 atom stereocenters. The van der Waals surface area contributed by atoms with Crippen molar-refractivity contribution in [1.82, 2.24) is 10.5 Å². The fourth-order valence-electron chi connectivity index (χ4n) is 1.21. The number of hydrogen-bond acceptors (Lipinski definition) is 4. The molecule has 4 heteroatoms. The van der Waals surface area contributed by atoms with E-state index in [1.807, 2.05) is 6.07 Å². The molecule has 0 unspecified atom stereocenters. The van der Waals surface area contributed by atoms with Crippen LogP contribution in [0.25, 0.3) is 0 Å². The maximum atomic E-state index is 4.96. The van der Waals surface area contributed by atoms with Gasteiger partial charge in [0.25, 0.3) is 0 Å². The molecule has 0 amide bonds. The maximum Gasteiger partial charge on any atom is 0.150 e. The molecule has 0 saturated heterocycles. The third kappa shape index (κ3) is 2.68. The molecule has 0 fully saturated rings. The van der Waals surface area contributed by atoms with Crippen LogP contribution in [-0.2, 0) is 13.0 Å². The second-order valence-electron chi connectivity index (χ2n) is 3.04. The molecule has 2 aromatic heterocycles. The lowest BCUT2D eigenvalue weighted by molar-refractivity contribution is 0.373. The van der Waals surface area contributed by atoms with Crippen LogP contribution in [0.2, 0.25) is 0 Å². The fraction of sp³-hybridized carbons (Fsp3) is 0.300. The Labute approximate surface area is 86.7 Å². The summed E-state index contributed by atoms with van der Waals surface area (Å²) in [6.07, 6.45) is 2.73. The summed E-state index contributed by atoms with van der Waals surface area (Å²) in [4.78, 5) is 0. The van der Waals surface area contributed by atoms with Gasteiger partial charge in [-0.3, -0.25) is 0 Å². The van der Waals surface area contributed by atoms with Gasteiger partial charge in [0.05, 0.1) is 12.7 Å². The summed E-state index contributed by atoms with van der Waals surface area (Å²) in [5, 5.41) is 11.2. The first-order chi connectivity index (χ1) is 6.95. The van der Waals surface area contributed by atoms with Crippen LogP contribution in [0.1, 0.15) is 11.3 Å². The molecule has 3 nitrogen and oxygen atoms in total. The van der Waals surface area contributed by atoms with Crippen molar-refractivity contribution in [3.05, 3.63) is 40.4 Å². The number of nitrogens with zero attached hydrogens (tertiary/aromatic N) is 1. The minimum Gasteiger partial charge on any atom is -0.360 e. The molecule has 2 heterocycles. The van der Waals surface area contributed by atoms with Crippen LogP contribution in [0.4, 0.5) is 0 Å². The zero-order valence-electron chi connectivity index (χ0n) is 7.77. The number of thiophene rings is 1. The molecule has 0 radical (unpaired) electrons. The Balaban J connectivity index is 1.65. The van der Waals surface area contributed by atoms with Gasteiger partial charge in [-0.05, 0) is 35.4 Å². The highest BCUT2D eigenvalue weighted by Gasteiger charge is 1.96. The van der Waals surface area contributed by atoms with Gasteiger partial charge in [0, 0.05) is 6.07 Å². The van der Waals surface area contributed by atoms with Crippen molar-refractivity contribution >= 4 is 11.3 Å². The number of nitrogens with one attached hydrogen (secondary N) is 1. The Morgan fingerprint density at radius 2 is 2.43 bits per heavy atom. The van der Waals surface area contributed by atoms with E-state index in [-0.39, 0.29) is 0 Å². The van der Waals surface area contributed by atoms with Crippen LogP contribution in [0.15, 0.2) is 33.6 Å². The van der Waals surface area contributed by atoms with Crippen molar-refractivity contribution in [3.8, 4) is 0 Å². The normalized spacial score (nSPS) is 10.6. The largest absolute Gasteiger partial charge is 0.360 e. The Bertz CT molecular complexity index is 306. The molecule has 2 rings (SSSR count). The molecule has 74 valence electrons. The molecule has 0 aromatic carbocycles. The average molecular weight is 208 g/mol. The molecule has 0 saturated carbocycles. The van der Waals surface area contributed by atoms with Gasteiger partial charge in [0.15, 0.2) is 0 Å². The molecular formula is C10H12N2OS. The van der Waals surface area contributed by atoms with Crippen molar-refractivity contribution < 1.29 is 4.52 Å². The van der Waals surface area contributed by atoms with Crippen LogP contribution >= 0.6 is 11.3 Å². The van der Waals surface area contributed by atoms with E-state index in [1.165, 1.54) is 5.56 Å². The van der Waals surface area contributed by atoms with Gasteiger partial charge < -0.3 is 9.84 Å². The van der Waals surface area contributed by atoms with Crippen molar-refractivity contribution in [1.29, 1.82) is 0 Å². The monoisotopic (exact) mass is 208 g/mol. The van der Waals surface area contributed by atoms with Crippen LogP contribution in [0, 0.1) is 0 Å². The van der Waals surface area contributed by atoms with E-state index in [0.29, 0.717) is 0 Å². The maximum absolute atomic E-state index is 4.96. The summed E-state index contributed by atoms with van der Waals surface area (Å²) in [6, 6.07) is 4.03. The van der Waals surface area contributed by atoms with Gasteiger partial charge in [-0.15, -0.1) is 0 Å². The minimum atomic E-state index is 0.754. The van der Waals surface area contributed by atoms with E-state index in [0.717, 1.165) is 25.3 Å². The Kier molecular flexibility index (Phi) is 3.32. The summed E-state index contributed by atoms with van der Waals surface area (Å²) in [6.45, 7) is 1.72. The predicted octanol–water partition coefficient (Wildman–Crippen LogP) is 2.07. The highest BCUT2D eigenvalue weighted by molar-refractivity contribution is 7.07. The van der Waals surface area contributed by atoms with E-state index in [9.17, 15) is 0 Å². The summed E-state index contributed by atoms with van der Waals surface area (Å²) in [5.74, 6) is 0.885. The molecule has 0 aliphatic carbocycles. The molecule has 0 aliphatic rings. The zero-order chi connectivity index (χ0) is 9.64. The first kappa shape index (κ1) is 9.43. The molecular weight excluding hydrogens is 196 g/mol. The van der Waals surface area contributed by atoms with Crippen molar-refractivity contribution in [3.63, 3.8) is 0 Å². The standard InChI is InChI=1S/C10H12N2OS/c1(9-3-6-14-8-9)4-11-7-10-2-5-12-13-10/h2-3,5-6,8,11H,1,4,7H2. The van der Waals surface area contributed by atoms with Gasteiger partial charge in [-0.25, -0.2) is 0 Å². The van der Waals surface area contributed by atoms with Gasteiger partial charge in [0.2, 0.25) is 0 Å². The molecule has 0 aliphatic heterocycles. The lowest BCUT2D eigenvalue weighted by atomic mass is 10.2. The second kappa shape index (κ2) is 4.93. The fourth-order valence-corrected chi connectivity index (χ4v) is 1.92. The van der Waals surface area contributed by atoms with Crippen LogP contribution in [-0.4, -0.2) is 11.7 Å². The lowest BCUT2D eigenvalue weighted by Gasteiger charge is -1.99. The average Bonchev–Trinajstić information content (AvgIpc) is 2.86. The van der Waals surface area contributed by atoms with Gasteiger partial charge >= 0.3 is 0 Å². The molecule has 2 aromatic rings. The minimum absolute atomic E-state index is 0.754. The van der Waals surface area contributed by atoms with E-state index in [1.54, 1.807) is 17.5 Å². The summed E-state index contributed by atoms with van der Waals surface area (Å²) in [7, 11) is 0. The summed E-state index contributed by atoms with van der Waals surface area (Å²) < 4.78 is 4.96. The lowest BCUT2D eigenvalue weighted by Crippen LogP contribution is -2.15. The van der Waals surface area contributed by atoms with Crippen LogP contribution in [0.3, 0.4) is 0 Å². The second-order valence-corrected chi connectivity index (χ2v) is 3.82. The molecule has 0 spiro atoms. The van der Waals surface area contributed by atoms with Crippen molar-refractivity contribution in [2.45, 2.75) is 13.0 Å². The number of hydrogen-bond donors (Lipinski definition) is 1. The smallest absolute Gasteiger partial charge is 0.150 e. The Morgan fingerprint density at radius 3 is 3.14 bits per heavy atom. The van der Waals surface area contributed by atoms with Gasteiger partial charge in [0.1, 0.15) is 5.76 Å². The topological polar surface area (TPSA) is 38.1 Å². The SMILES string of the molecule is c1cc(CNCCc2ccsc2)on1. The third-order valence-corrected chi connectivity index (χ3v) is 2.69. The Hall–Kier alpha value is -1.13. The van der Waals surface area contributed by atoms with Crippen molar-refractivity contribution in [2.75, 3.05) is 6.54 Å². The van der Waals surface area contributed by atoms with Crippen LogP contribution in [0.5, 0.6) is 0 Å². The van der Waals surface area contributed by atoms with E-state index >= 15 is 0 Å².